The Labute approximate surface area is 166 Å². The molecule has 0 saturated carbocycles. The van der Waals surface area contributed by atoms with E-state index < -0.39 is 15.1 Å². The molecule has 3 rings (SSSR count). The molecule has 1 aliphatic heterocycles. The van der Waals surface area contributed by atoms with Crippen LogP contribution in [-0.4, -0.2) is 40.4 Å². The molecule has 27 heavy (non-hydrogen) atoms. The van der Waals surface area contributed by atoms with E-state index >= 15 is 0 Å². The molecule has 0 radical (unpaired) electrons. The van der Waals surface area contributed by atoms with Gasteiger partial charge in [-0.25, -0.2) is 4.98 Å². The minimum atomic E-state index is -3.61. The number of nitrogens with one attached hydrogen (secondary N) is 2. The molecule has 0 aliphatic carbocycles. The number of aromatic amines is 1. The topological polar surface area (TPSA) is 78.1 Å². The summed E-state index contributed by atoms with van der Waals surface area (Å²) in [6.07, 6.45) is 6.31. The van der Waals surface area contributed by atoms with Crippen molar-refractivity contribution in [3.63, 3.8) is 0 Å². The third-order valence-electron chi connectivity index (χ3n) is 4.92. The van der Waals surface area contributed by atoms with E-state index in [1.54, 1.807) is 10.5 Å². The molecule has 0 bridgehead atoms. The predicted molar refractivity (Wildman–Crippen MR) is 112 cm³/mol. The van der Waals surface area contributed by atoms with Crippen molar-refractivity contribution in [1.29, 1.82) is 0 Å². The Bertz CT molecular complexity index is 875. The maximum Gasteiger partial charge on any atom is 0.281 e. The third kappa shape index (κ3) is 4.74. The number of imidazole rings is 1. The van der Waals surface area contributed by atoms with Crippen molar-refractivity contribution < 1.29 is 8.42 Å². The summed E-state index contributed by atoms with van der Waals surface area (Å²) in [4.78, 5) is 7.31. The number of rotatable bonds is 6. The van der Waals surface area contributed by atoms with E-state index in [9.17, 15) is 8.42 Å². The summed E-state index contributed by atoms with van der Waals surface area (Å²) in [7, 11) is -3.61. The van der Waals surface area contributed by atoms with Crippen molar-refractivity contribution in [1.82, 2.24) is 19.0 Å². The number of aryl methyl sites for hydroxylation is 1. The van der Waals surface area contributed by atoms with E-state index in [2.05, 4.69) is 33.7 Å². The van der Waals surface area contributed by atoms with Crippen molar-refractivity contribution >= 4 is 22.0 Å². The summed E-state index contributed by atoms with van der Waals surface area (Å²) in [5.74, 6) is 0.706. The van der Waals surface area contributed by atoms with Gasteiger partial charge in [0.2, 0.25) is 0 Å². The summed E-state index contributed by atoms with van der Waals surface area (Å²) < 4.78 is 30.4. The standard InChI is InChI=1S/C19H28N4O2S2/c1-14-8-10-15(11-9-14)16-13-20-18(21-16)17-7-5-6-12-23(17)27(24,25)22-19(2,3)26-4/h8-11,13,17,22H,5-7,12H2,1-4H3,(H,20,21). The van der Waals surface area contributed by atoms with Gasteiger partial charge in [0, 0.05) is 6.54 Å². The van der Waals surface area contributed by atoms with Crippen LogP contribution in [0.2, 0.25) is 0 Å². The molecule has 1 aliphatic rings. The fourth-order valence-electron chi connectivity index (χ4n) is 3.26. The van der Waals surface area contributed by atoms with Crippen LogP contribution in [0, 0.1) is 6.92 Å². The van der Waals surface area contributed by atoms with Gasteiger partial charge in [0.1, 0.15) is 5.82 Å². The first kappa shape index (κ1) is 20.4. The third-order valence-corrected chi connectivity index (χ3v) is 8.00. The quantitative estimate of drug-likeness (QED) is 0.712. The van der Waals surface area contributed by atoms with Crippen LogP contribution in [0.25, 0.3) is 11.3 Å². The molecule has 2 heterocycles. The number of nitrogens with zero attached hydrogens (tertiary/aromatic N) is 2. The molecule has 1 aromatic heterocycles. The van der Waals surface area contributed by atoms with Crippen LogP contribution < -0.4 is 4.72 Å². The van der Waals surface area contributed by atoms with Gasteiger partial charge in [0.25, 0.3) is 10.2 Å². The smallest absolute Gasteiger partial charge is 0.281 e. The fraction of sp³-hybridized carbons (Fsp3) is 0.526. The largest absolute Gasteiger partial charge is 0.341 e. The van der Waals surface area contributed by atoms with Gasteiger partial charge in [0.05, 0.1) is 22.8 Å². The first-order valence-electron chi connectivity index (χ1n) is 9.20. The predicted octanol–water partition coefficient (Wildman–Crippen LogP) is 3.85. The zero-order valence-electron chi connectivity index (χ0n) is 16.3. The highest BCUT2D eigenvalue weighted by molar-refractivity contribution is 8.00. The SMILES string of the molecule is CSC(C)(C)NS(=O)(=O)N1CCCCC1c1ncc(-c2ccc(C)cc2)[nH]1. The lowest BCUT2D eigenvalue weighted by atomic mass is 10.0. The van der Waals surface area contributed by atoms with E-state index in [0.717, 1.165) is 30.5 Å². The second kappa shape index (κ2) is 7.95. The second-order valence-corrected chi connectivity index (χ2v) is 10.5. The van der Waals surface area contributed by atoms with Gasteiger partial charge in [-0.1, -0.05) is 36.2 Å². The van der Waals surface area contributed by atoms with E-state index in [0.29, 0.717) is 12.4 Å². The zero-order chi connectivity index (χ0) is 19.7. The highest BCUT2D eigenvalue weighted by Gasteiger charge is 2.37. The van der Waals surface area contributed by atoms with Gasteiger partial charge in [-0.2, -0.15) is 17.4 Å². The Balaban J connectivity index is 1.87. The highest BCUT2D eigenvalue weighted by Crippen LogP contribution is 2.33. The van der Waals surface area contributed by atoms with E-state index in [-0.39, 0.29) is 6.04 Å². The van der Waals surface area contributed by atoms with Crippen LogP contribution in [0.4, 0.5) is 0 Å². The van der Waals surface area contributed by atoms with Crippen molar-refractivity contribution in [3.8, 4) is 11.3 Å². The molecule has 148 valence electrons. The molecular formula is C19H28N4O2S2. The van der Waals surface area contributed by atoms with Crippen molar-refractivity contribution in [2.75, 3.05) is 12.8 Å². The number of hydrogen-bond donors (Lipinski definition) is 2. The molecule has 6 nitrogen and oxygen atoms in total. The van der Waals surface area contributed by atoms with Gasteiger partial charge >= 0.3 is 0 Å². The average molecular weight is 409 g/mol. The normalized spacial score (nSPS) is 19.3. The number of H-pyrrole nitrogens is 1. The molecule has 2 N–H and O–H groups in total. The molecule has 1 unspecified atom stereocenters. The Morgan fingerprint density at radius 2 is 1.96 bits per heavy atom. The summed E-state index contributed by atoms with van der Waals surface area (Å²) in [6.45, 7) is 6.30. The maximum absolute atomic E-state index is 13.0. The Morgan fingerprint density at radius 3 is 2.63 bits per heavy atom. The Kier molecular flexibility index (Phi) is 6.00. The van der Waals surface area contributed by atoms with Crippen molar-refractivity contribution in [2.45, 2.75) is 50.9 Å². The number of hydrogen-bond acceptors (Lipinski definition) is 4. The number of aromatic nitrogens is 2. The molecule has 1 aromatic carbocycles. The molecule has 2 aromatic rings. The van der Waals surface area contributed by atoms with Gasteiger partial charge in [-0.3, -0.25) is 0 Å². The van der Waals surface area contributed by atoms with E-state index in [1.807, 2.05) is 32.2 Å². The lowest BCUT2D eigenvalue weighted by Crippen LogP contribution is -2.51. The summed E-state index contributed by atoms with van der Waals surface area (Å²) in [6, 6.07) is 7.94. The molecule has 1 atom stereocenters. The zero-order valence-corrected chi connectivity index (χ0v) is 18.0. The van der Waals surface area contributed by atoms with Crippen LogP contribution in [0.1, 0.15) is 50.5 Å². The number of benzene rings is 1. The summed E-state index contributed by atoms with van der Waals surface area (Å²) in [5.41, 5.74) is 3.15. The molecule has 1 saturated heterocycles. The van der Waals surface area contributed by atoms with Crippen LogP contribution in [-0.2, 0) is 10.2 Å². The van der Waals surface area contributed by atoms with E-state index in [1.165, 1.54) is 17.3 Å². The van der Waals surface area contributed by atoms with Crippen molar-refractivity contribution in [3.05, 3.63) is 41.9 Å². The highest BCUT2D eigenvalue weighted by atomic mass is 32.2. The second-order valence-electron chi connectivity index (χ2n) is 7.49. The van der Waals surface area contributed by atoms with Crippen LogP contribution in [0.3, 0.4) is 0 Å². The first-order valence-corrected chi connectivity index (χ1v) is 11.9. The van der Waals surface area contributed by atoms with Crippen LogP contribution >= 0.6 is 11.8 Å². The Hall–Kier alpha value is -1.35. The molecule has 1 fully saturated rings. The number of thioether (sulfide) groups is 1. The fourth-order valence-corrected chi connectivity index (χ4v) is 5.56. The van der Waals surface area contributed by atoms with Crippen LogP contribution in [0.15, 0.2) is 30.5 Å². The molecule has 0 amide bonds. The van der Waals surface area contributed by atoms with Gasteiger partial charge < -0.3 is 4.98 Å². The molecular weight excluding hydrogens is 380 g/mol. The molecule has 8 heteroatoms. The minimum absolute atomic E-state index is 0.270. The van der Waals surface area contributed by atoms with Gasteiger partial charge in [0.15, 0.2) is 0 Å². The lowest BCUT2D eigenvalue weighted by molar-refractivity contribution is 0.243. The van der Waals surface area contributed by atoms with Gasteiger partial charge in [-0.15, -0.1) is 11.8 Å². The molecule has 0 spiro atoms. The first-order chi connectivity index (χ1) is 12.7. The minimum Gasteiger partial charge on any atom is -0.341 e. The maximum atomic E-state index is 13.0. The summed E-state index contributed by atoms with van der Waals surface area (Å²) >= 11 is 1.48. The van der Waals surface area contributed by atoms with Crippen LogP contribution in [0.5, 0.6) is 0 Å². The average Bonchev–Trinajstić information content (AvgIpc) is 3.11. The monoisotopic (exact) mass is 408 g/mol. The summed E-state index contributed by atoms with van der Waals surface area (Å²) in [5, 5.41) is 0. The van der Waals surface area contributed by atoms with Crippen molar-refractivity contribution in [2.24, 2.45) is 0 Å². The van der Waals surface area contributed by atoms with Gasteiger partial charge in [-0.05, 0) is 45.4 Å². The Morgan fingerprint density at radius 1 is 1.26 bits per heavy atom. The number of piperidine rings is 1. The lowest BCUT2D eigenvalue weighted by Gasteiger charge is -2.36. The van der Waals surface area contributed by atoms with E-state index in [4.69, 9.17) is 0 Å².